The maximum atomic E-state index is 11.5. The highest BCUT2D eigenvalue weighted by Crippen LogP contribution is 2.24. The van der Waals surface area contributed by atoms with E-state index in [2.05, 4.69) is 0 Å². The van der Waals surface area contributed by atoms with Crippen LogP contribution in [0.4, 0.5) is 0 Å². The molecule has 17 heavy (non-hydrogen) atoms. The van der Waals surface area contributed by atoms with Gasteiger partial charge in [0.25, 0.3) is 0 Å². The number of carboxylic acids is 1. The van der Waals surface area contributed by atoms with Gasteiger partial charge in [0.2, 0.25) is 0 Å². The number of hydrogen-bond acceptors (Lipinski definition) is 4. The molecule has 0 amide bonds. The molecule has 0 radical (unpaired) electrons. The molecule has 1 atom stereocenters. The van der Waals surface area contributed by atoms with Crippen LogP contribution in [0.15, 0.2) is 34.1 Å². The van der Waals surface area contributed by atoms with Gasteiger partial charge >= 0.3 is 5.97 Å². The summed E-state index contributed by atoms with van der Waals surface area (Å²) in [5.74, 6) is -0.828. The van der Waals surface area contributed by atoms with E-state index in [1.54, 1.807) is 26.0 Å². The van der Waals surface area contributed by atoms with E-state index in [1.165, 1.54) is 23.9 Å². The van der Waals surface area contributed by atoms with Crippen molar-refractivity contribution in [2.24, 2.45) is 0 Å². The molecule has 0 aliphatic carbocycles. The molecule has 0 saturated carbocycles. The molecule has 0 aliphatic heterocycles. The third-order valence-corrected chi connectivity index (χ3v) is 5.07. The number of benzene rings is 1. The van der Waals surface area contributed by atoms with Crippen LogP contribution in [0.2, 0.25) is 0 Å². The van der Waals surface area contributed by atoms with Crippen LogP contribution in [0.1, 0.15) is 13.8 Å². The minimum Gasteiger partial charge on any atom is -0.480 e. The van der Waals surface area contributed by atoms with Crippen LogP contribution >= 0.6 is 11.8 Å². The van der Waals surface area contributed by atoms with Gasteiger partial charge in [-0.1, -0.05) is 6.92 Å². The molecule has 4 nitrogen and oxygen atoms in total. The molecule has 1 aromatic carbocycles. The number of thioether (sulfide) groups is 1. The highest BCUT2D eigenvalue weighted by molar-refractivity contribution is 8.00. The summed E-state index contributed by atoms with van der Waals surface area (Å²) in [6, 6.07) is 6.28. The van der Waals surface area contributed by atoms with Crippen molar-refractivity contribution in [3.8, 4) is 0 Å². The van der Waals surface area contributed by atoms with Crippen LogP contribution in [0.25, 0.3) is 0 Å². The molecule has 1 N–H and O–H groups in total. The Bertz CT molecular complexity index is 491. The van der Waals surface area contributed by atoms with Crippen molar-refractivity contribution in [3.05, 3.63) is 24.3 Å². The summed E-state index contributed by atoms with van der Waals surface area (Å²) in [6.07, 6.45) is 0. The van der Waals surface area contributed by atoms with Gasteiger partial charge in [0.15, 0.2) is 9.84 Å². The van der Waals surface area contributed by atoms with Crippen LogP contribution in [0.5, 0.6) is 0 Å². The fourth-order valence-electron chi connectivity index (χ4n) is 1.15. The van der Waals surface area contributed by atoms with Gasteiger partial charge in [-0.2, -0.15) is 0 Å². The fourth-order valence-corrected chi connectivity index (χ4v) is 2.83. The van der Waals surface area contributed by atoms with E-state index in [-0.39, 0.29) is 10.6 Å². The summed E-state index contributed by atoms with van der Waals surface area (Å²) in [5.41, 5.74) is 0. The lowest BCUT2D eigenvalue weighted by Crippen LogP contribution is -2.11. The van der Waals surface area contributed by atoms with Crippen molar-refractivity contribution in [3.63, 3.8) is 0 Å². The average Bonchev–Trinajstić information content (AvgIpc) is 2.29. The molecule has 0 aliphatic rings. The number of hydrogen-bond donors (Lipinski definition) is 1. The summed E-state index contributed by atoms with van der Waals surface area (Å²) in [7, 11) is -3.19. The molecule has 1 unspecified atom stereocenters. The Morgan fingerprint density at radius 1 is 1.35 bits per heavy atom. The lowest BCUT2D eigenvalue weighted by atomic mass is 10.4. The Morgan fingerprint density at radius 3 is 2.29 bits per heavy atom. The number of rotatable bonds is 5. The highest BCUT2D eigenvalue weighted by Gasteiger charge is 2.14. The molecule has 6 heteroatoms. The zero-order chi connectivity index (χ0) is 13.1. The van der Waals surface area contributed by atoms with Gasteiger partial charge in [-0.15, -0.1) is 11.8 Å². The first-order chi connectivity index (χ1) is 7.86. The van der Waals surface area contributed by atoms with Crippen LogP contribution < -0.4 is 0 Å². The standard InChI is InChI=1S/C11H14O4S2/c1-3-17(14,15)10-6-4-9(5-7-10)16-8(2)11(12)13/h4-8H,3H2,1-2H3,(H,12,13). The minimum atomic E-state index is -3.19. The maximum Gasteiger partial charge on any atom is 0.316 e. The minimum absolute atomic E-state index is 0.0605. The molecule has 0 aromatic heterocycles. The second-order valence-electron chi connectivity index (χ2n) is 3.47. The van der Waals surface area contributed by atoms with Crippen LogP contribution in [0, 0.1) is 0 Å². The average molecular weight is 274 g/mol. The zero-order valence-electron chi connectivity index (χ0n) is 9.58. The summed E-state index contributed by atoms with van der Waals surface area (Å²) in [6.45, 7) is 3.17. The van der Waals surface area contributed by atoms with Crippen molar-refractivity contribution >= 4 is 27.6 Å². The molecule has 0 saturated heterocycles. The number of carbonyl (C=O) groups is 1. The third kappa shape index (κ3) is 3.74. The molecular weight excluding hydrogens is 260 g/mol. The van der Waals surface area contributed by atoms with Gasteiger partial charge in [0.05, 0.1) is 10.6 Å². The first-order valence-electron chi connectivity index (χ1n) is 5.09. The fraction of sp³-hybridized carbons (Fsp3) is 0.364. The van der Waals surface area contributed by atoms with Gasteiger partial charge in [-0.25, -0.2) is 8.42 Å². The summed E-state index contributed by atoms with van der Waals surface area (Å²) in [5, 5.41) is 8.20. The summed E-state index contributed by atoms with van der Waals surface area (Å²) >= 11 is 1.18. The van der Waals surface area contributed by atoms with Crippen LogP contribution in [0.3, 0.4) is 0 Å². The van der Waals surface area contributed by atoms with Crippen molar-refractivity contribution in [2.45, 2.75) is 28.9 Å². The van der Waals surface area contributed by atoms with E-state index >= 15 is 0 Å². The van der Waals surface area contributed by atoms with Gasteiger partial charge < -0.3 is 5.11 Å². The van der Waals surface area contributed by atoms with Gasteiger partial charge in [0.1, 0.15) is 5.25 Å². The van der Waals surface area contributed by atoms with Crippen molar-refractivity contribution in [1.29, 1.82) is 0 Å². The van der Waals surface area contributed by atoms with Gasteiger partial charge in [0, 0.05) is 4.90 Å². The molecule has 1 rings (SSSR count). The molecule has 94 valence electrons. The van der Waals surface area contributed by atoms with E-state index in [0.717, 1.165) is 4.90 Å². The summed E-state index contributed by atoms with van der Waals surface area (Å²) < 4.78 is 23.1. The first-order valence-corrected chi connectivity index (χ1v) is 7.62. The van der Waals surface area contributed by atoms with Gasteiger partial charge in [-0.3, -0.25) is 4.79 Å². The van der Waals surface area contributed by atoms with E-state index in [1.807, 2.05) is 0 Å². The largest absolute Gasteiger partial charge is 0.480 e. The van der Waals surface area contributed by atoms with Crippen molar-refractivity contribution < 1.29 is 18.3 Å². The van der Waals surface area contributed by atoms with E-state index < -0.39 is 21.1 Å². The SMILES string of the molecule is CCS(=O)(=O)c1ccc(SC(C)C(=O)O)cc1. The lowest BCUT2D eigenvalue weighted by molar-refractivity contribution is -0.136. The Balaban J connectivity index is 2.86. The Labute approximate surface area is 105 Å². The summed E-state index contributed by atoms with van der Waals surface area (Å²) in [4.78, 5) is 11.7. The Hall–Kier alpha value is -1.01. The Morgan fingerprint density at radius 2 is 1.88 bits per heavy atom. The number of aliphatic carboxylic acids is 1. The van der Waals surface area contributed by atoms with E-state index in [0.29, 0.717) is 0 Å². The number of sulfone groups is 1. The molecule has 1 aromatic rings. The lowest BCUT2D eigenvalue weighted by Gasteiger charge is -2.07. The quantitative estimate of drug-likeness (QED) is 0.832. The van der Waals surface area contributed by atoms with Crippen molar-refractivity contribution in [1.82, 2.24) is 0 Å². The molecule has 0 fully saturated rings. The zero-order valence-corrected chi connectivity index (χ0v) is 11.2. The monoisotopic (exact) mass is 274 g/mol. The molecule has 0 heterocycles. The Kier molecular flexibility index (Phi) is 4.59. The predicted molar refractivity (Wildman–Crippen MR) is 67.1 cm³/mol. The maximum absolute atomic E-state index is 11.5. The molecule has 0 bridgehead atoms. The third-order valence-electron chi connectivity index (χ3n) is 2.22. The highest BCUT2D eigenvalue weighted by atomic mass is 32.2. The smallest absolute Gasteiger partial charge is 0.316 e. The molecular formula is C11H14O4S2. The van der Waals surface area contributed by atoms with Crippen LogP contribution in [-0.2, 0) is 14.6 Å². The molecule has 0 spiro atoms. The predicted octanol–water partition coefficient (Wildman–Crippen LogP) is 2.05. The van der Waals surface area contributed by atoms with Gasteiger partial charge in [-0.05, 0) is 31.2 Å². The second-order valence-corrected chi connectivity index (χ2v) is 7.17. The normalized spacial score (nSPS) is 13.3. The first kappa shape index (κ1) is 14.1. The van der Waals surface area contributed by atoms with Crippen molar-refractivity contribution in [2.75, 3.05) is 5.75 Å². The number of carboxylic acid groups (broad SMARTS) is 1. The topological polar surface area (TPSA) is 71.4 Å². The van der Waals surface area contributed by atoms with Crippen LogP contribution in [-0.4, -0.2) is 30.5 Å². The van der Waals surface area contributed by atoms with E-state index in [9.17, 15) is 13.2 Å². The second kappa shape index (κ2) is 5.55. The van der Waals surface area contributed by atoms with E-state index in [4.69, 9.17) is 5.11 Å².